The molecule has 0 heterocycles. The lowest BCUT2D eigenvalue weighted by Crippen LogP contribution is -2.51. The van der Waals surface area contributed by atoms with E-state index < -0.39 is 5.54 Å². The Balaban J connectivity index is 4.19. The smallest absolute Gasteiger partial charge is 0.326 e. The number of hydrogen-bond donors (Lipinski definition) is 1. The molecule has 13 heavy (non-hydrogen) atoms. The van der Waals surface area contributed by atoms with E-state index in [1.54, 1.807) is 0 Å². The van der Waals surface area contributed by atoms with Gasteiger partial charge in [-0.2, -0.15) is 0 Å². The highest BCUT2D eigenvalue weighted by molar-refractivity contribution is 5.79. The van der Waals surface area contributed by atoms with Gasteiger partial charge in [0.25, 0.3) is 0 Å². The summed E-state index contributed by atoms with van der Waals surface area (Å²) in [6, 6.07) is 0.273. The van der Waals surface area contributed by atoms with Crippen molar-refractivity contribution in [3.63, 3.8) is 0 Å². The molecule has 0 atom stereocenters. The number of esters is 1. The van der Waals surface area contributed by atoms with Gasteiger partial charge < -0.3 is 10.1 Å². The van der Waals surface area contributed by atoms with Crippen LogP contribution < -0.4 is 5.32 Å². The topological polar surface area (TPSA) is 38.3 Å². The summed E-state index contributed by atoms with van der Waals surface area (Å²) in [6.45, 7) is 11.4. The normalized spacial score (nSPS) is 12.3. The van der Waals surface area contributed by atoms with Crippen LogP contribution >= 0.6 is 0 Å². The van der Waals surface area contributed by atoms with E-state index in [1.165, 1.54) is 0 Å². The second-order valence-electron chi connectivity index (χ2n) is 4.38. The zero-order valence-electron chi connectivity index (χ0n) is 9.47. The first kappa shape index (κ1) is 12.4. The summed E-state index contributed by atoms with van der Waals surface area (Å²) in [7, 11) is 0. The molecule has 3 nitrogen and oxygen atoms in total. The van der Waals surface area contributed by atoms with Gasteiger partial charge in [-0.1, -0.05) is 0 Å². The van der Waals surface area contributed by atoms with Crippen molar-refractivity contribution in [3.8, 4) is 0 Å². The van der Waals surface area contributed by atoms with Crippen molar-refractivity contribution in [1.29, 1.82) is 0 Å². The summed E-state index contributed by atoms with van der Waals surface area (Å²) >= 11 is 0. The maximum absolute atomic E-state index is 11.5. The van der Waals surface area contributed by atoms with E-state index in [0.29, 0.717) is 0 Å². The highest BCUT2D eigenvalue weighted by Gasteiger charge is 2.30. The van der Waals surface area contributed by atoms with Crippen LogP contribution in [0.2, 0.25) is 0 Å². The van der Waals surface area contributed by atoms with Gasteiger partial charge in [0.15, 0.2) is 0 Å². The van der Waals surface area contributed by atoms with Crippen LogP contribution in [0.1, 0.15) is 41.5 Å². The van der Waals surface area contributed by atoms with Gasteiger partial charge >= 0.3 is 5.97 Å². The minimum absolute atomic E-state index is 0.0549. The lowest BCUT2D eigenvalue weighted by atomic mass is 10.1. The summed E-state index contributed by atoms with van der Waals surface area (Å²) in [5.41, 5.74) is -0.599. The molecule has 0 aromatic rings. The van der Waals surface area contributed by atoms with Gasteiger partial charge in [-0.25, -0.2) is 0 Å². The predicted molar refractivity (Wildman–Crippen MR) is 53.6 cm³/mol. The van der Waals surface area contributed by atoms with Crippen molar-refractivity contribution in [1.82, 2.24) is 5.32 Å². The van der Waals surface area contributed by atoms with Crippen LogP contribution in [0.5, 0.6) is 0 Å². The number of carbonyl (C=O) groups excluding carboxylic acids is 1. The highest BCUT2D eigenvalue weighted by atomic mass is 16.5. The van der Waals surface area contributed by atoms with Crippen molar-refractivity contribution >= 4 is 5.97 Å². The van der Waals surface area contributed by atoms with Gasteiger partial charge in [-0.05, 0) is 41.5 Å². The molecular weight excluding hydrogens is 166 g/mol. The molecule has 0 aliphatic heterocycles. The maximum atomic E-state index is 11.5. The minimum atomic E-state index is -0.599. The van der Waals surface area contributed by atoms with Gasteiger partial charge in [0.2, 0.25) is 0 Å². The van der Waals surface area contributed by atoms with E-state index in [4.69, 9.17) is 4.74 Å². The molecule has 0 aromatic heterocycles. The average Bonchev–Trinajstić information content (AvgIpc) is 1.81. The van der Waals surface area contributed by atoms with Crippen molar-refractivity contribution in [3.05, 3.63) is 0 Å². The molecule has 0 aliphatic carbocycles. The second kappa shape index (κ2) is 4.61. The fourth-order valence-electron chi connectivity index (χ4n) is 1.14. The lowest BCUT2D eigenvalue weighted by Gasteiger charge is -2.27. The minimum Gasteiger partial charge on any atom is -0.462 e. The fourth-order valence-corrected chi connectivity index (χ4v) is 1.14. The summed E-state index contributed by atoms with van der Waals surface area (Å²) < 4.78 is 5.11. The largest absolute Gasteiger partial charge is 0.462 e. The highest BCUT2D eigenvalue weighted by Crippen LogP contribution is 2.08. The fraction of sp³-hybridized carbons (Fsp3) is 0.900. The van der Waals surface area contributed by atoms with Crippen molar-refractivity contribution in [2.75, 3.05) is 0 Å². The Morgan fingerprint density at radius 3 is 2.00 bits per heavy atom. The first-order chi connectivity index (χ1) is 5.75. The Morgan fingerprint density at radius 1 is 1.23 bits per heavy atom. The van der Waals surface area contributed by atoms with E-state index in [0.717, 1.165) is 0 Å². The average molecular weight is 187 g/mol. The Morgan fingerprint density at radius 2 is 1.69 bits per heavy atom. The molecule has 0 aliphatic rings. The summed E-state index contributed by atoms with van der Waals surface area (Å²) in [5.74, 6) is -0.198. The molecule has 0 unspecified atom stereocenters. The number of ether oxygens (including phenoxy) is 1. The van der Waals surface area contributed by atoms with Crippen LogP contribution in [0.25, 0.3) is 0 Å². The number of nitrogens with one attached hydrogen (secondary N) is 1. The Bertz CT molecular complexity index is 174. The van der Waals surface area contributed by atoms with E-state index in [-0.39, 0.29) is 18.1 Å². The second-order valence-corrected chi connectivity index (χ2v) is 4.38. The Labute approximate surface area is 80.8 Å². The number of carbonyl (C=O) groups is 1. The van der Waals surface area contributed by atoms with Crippen molar-refractivity contribution < 1.29 is 9.53 Å². The lowest BCUT2D eigenvalue weighted by molar-refractivity contribution is -0.154. The van der Waals surface area contributed by atoms with Crippen molar-refractivity contribution in [2.24, 2.45) is 0 Å². The molecule has 0 amide bonds. The van der Waals surface area contributed by atoms with E-state index in [1.807, 2.05) is 41.5 Å². The molecule has 0 saturated heterocycles. The molecule has 0 spiro atoms. The van der Waals surface area contributed by atoms with E-state index in [9.17, 15) is 4.79 Å². The molecule has 78 valence electrons. The van der Waals surface area contributed by atoms with Gasteiger partial charge in [-0.3, -0.25) is 4.79 Å². The molecule has 0 rings (SSSR count). The third-order valence-electron chi connectivity index (χ3n) is 1.50. The quantitative estimate of drug-likeness (QED) is 0.681. The van der Waals surface area contributed by atoms with Gasteiger partial charge in [0, 0.05) is 6.04 Å². The zero-order chi connectivity index (χ0) is 10.6. The van der Waals surface area contributed by atoms with Crippen LogP contribution in [0.15, 0.2) is 0 Å². The molecule has 0 radical (unpaired) electrons. The first-order valence-electron chi connectivity index (χ1n) is 4.74. The third kappa shape index (κ3) is 4.88. The van der Waals surface area contributed by atoms with Crippen LogP contribution in [0.3, 0.4) is 0 Å². The van der Waals surface area contributed by atoms with Crippen LogP contribution in [-0.2, 0) is 9.53 Å². The molecular formula is C10H21NO2. The standard InChI is InChI=1S/C10H21NO2/c1-7(2)11-10(5,6)9(12)13-8(3)4/h7-8,11H,1-6H3. The Kier molecular flexibility index (Phi) is 4.40. The van der Waals surface area contributed by atoms with Gasteiger partial charge in [0.1, 0.15) is 5.54 Å². The number of hydrogen-bond acceptors (Lipinski definition) is 3. The van der Waals surface area contributed by atoms with E-state index >= 15 is 0 Å². The van der Waals surface area contributed by atoms with E-state index in [2.05, 4.69) is 5.32 Å². The van der Waals surface area contributed by atoms with Crippen LogP contribution in [0.4, 0.5) is 0 Å². The molecule has 0 fully saturated rings. The van der Waals surface area contributed by atoms with Crippen molar-refractivity contribution in [2.45, 2.75) is 59.2 Å². The molecule has 1 N–H and O–H groups in total. The van der Waals surface area contributed by atoms with Gasteiger partial charge in [0.05, 0.1) is 6.10 Å². The molecule has 0 bridgehead atoms. The summed E-state index contributed by atoms with van der Waals surface area (Å²) in [6.07, 6.45) is -0.0549. The number of rotatable bonds is 4. The zero-order valence-corrected chi connectivity index (χ0v) is 9.47. The molecule has 0 saturated carbocycles. The summed E-state index contributed by atoms with van der Waals surface area (Å²) in [5, 5.41) is 3.15. The monoisotopic (exact) mass is 187 g/mol. The summed E-state index contributed by atoms with van der Waals surface area (Å²) in [4.78, 5) is 11.5. The third-order valence-corrected chi connectivity index (χ3v) is 1.50. The molecule has 3 heteroatoms. The Hall–Kier alpha value is -0.570. The van der Waals surface area contributed by atoms with Crippen LogP contribution in [-0.4, -0.2) is 23.7 Å². The first-order valence-corrected chi connectivity index (χ1v) is 4.74. The maximum Gasteiger partial charge on any atom is 0.326 e. The predicted octanol–water partition coefficient (Wildman–Crippen LogP) is 1.71. The SMILES string of the molecule is CC(C)NC(C)(C)C(=O)OC(C)C. The van der Waals surface area contributed by atoms with Crippen LogP contribution in [0, 0.1) is 0 Å². The molecule has 0 aromatic carbocycles. The van der Waals surface area contributed by atoms with Gasteiger partial charge in [-0.15, -0.1) is 0 Å².